The normalized spacial score (nSPS) is 24.4. The van der Waals surface area contributed by atoms with Gasteiger partial charge in [0.1, 0.15) is 11.9 Å². The van der Waals surface area contributed by atoms with E-state index in [2.05, 4.69) is 26.1 Å². The highest BCUT2D eigenvalue weighted by Gasteiger charge is 2.46. The van der Waals surface area contributed by atoms with Crippen LogP contribution in [0.2, 0.25) is 0 Å². The van der Waals surface area contributed by atoms with E-state index in [9.17, 15) is 22.8 Å². The molecule has 0 radical (unpaired) electrons. The largest absolute Gasteiger partial charge is 0.404 e. The lowest BCUT2D eigenvalue weighted by atomic mass is 9.77. The maximum absolute atomic E-state index is 15.0. The number of nitrogens with one attached hydrogen (secondary N) is 1. The van der Waals surface area contributed by atoms with Crippen LogP contribution < -0.4 is 5.32 Å². The third kappa shape index (κ3) is 7.35. The Kier molecular flexibility index (Phi) is 9.59. The number of piperidine rings is 1. The van der Waals surface area contributed by atoms with E-state index in [4.69, 9.17) is 0 Å². The number of amides is 2. The Morgan fingerprint density at radius 2 is 1.73 bits per heavy atom. The maximum atomic E-state index is 15.0. The lowest BCUT2D eigenvalue weighted by molar-refractivity contribution is -0.174. The molecule has 0 bridgehead atoms. The fraction of sp³-hybridized carbons (Fsp3) is 0.500. The van der Waals surface area contributed by atoms with E-state index in [0.717, 1.165) is 11.1 Å². The predicted octanol–water partition coefficient (Wildman–Crippen LogP) is 7.82. The van der Waals surface area contributed by atoms with Crippen molar-refractivity contribution in [3.63, 3.8) is 0 Å². The van der Waals surface area contributed by atoms with E-state index in [1.165, 1.54) is 11.0 Å². The standard InChI is InChI=1S/C36H43F4N3O2/c1-23-9-5-13-29(37)31(23)34(45)43-20-7-12-28(33(44)41-27-11-6-10-26(21-27)35(2,3)4)32(43)25-17-15-24(16-18-25)22-42-19-8-14-30(42)36(38,39)40/h5-6,9-11,13,15-17,21,25,28,30,32H,7-8,12,14,18-20,22H2,1-4H3,(H,41,44)/t25?,28-,30?,32-/m0/s1. The number of hydrogen-bond donors (Lipinski definition) is 1. The summed E-state index contributed by atoms with van der Waals surface area (Å²) in [4.78, 5) is 31.1. The first-order valence-electron chi connectivity index (χ1n) is 15.9. The van der Waals surface area contributed by atoms with Crippen molar-refractivity contribution in [2.24, 2.45) is 11.8 Å². The van der Waals surface area contributed by atoms with Crippen LogP contribution in [0.15, 0.2) is 66.3 Å². The molecule has 0 aromatic heterocycles. The van der Waals surface area contributed by atoms with Gasteiger partial charge in [-0.25, -0.2) is 4.39 Å². The molecular weight excluding hydrogens is 582 g/mol. The van der Waals surface area contributed by atoms with Crippen LogP contribution in [0.4, 0.5) is 23.2 Å². The molecule has 2 fully saturated rings. The highest BCUT2D eigenvalue weighted by molar-refractivity contribution is 5.98. The summed E-state index contributed by atoms with van der Waals surface area (Å²) >= 11 is 0. The van der Waals surface area contributed by atoms with Gasteiger partial charge < -0.3 is 10.2 Å². The molecule has 9 heteroatoms. The van der Waals surface area contributed by atoms with Gasteiger partial charge in [0.25, 0.3) is 5.91 Å². The molecular formula is C36H43F4N3O2. The summed E-state index contributed by atoms with van der Waals surface area (Å²) < 4.78 is 55.7. The predicted molar refractivity (Wildman–Crippen MR) is 168 cm³/mol. The molecule has 2 aliphatic heterocycles. The molecule has 4 atom stereocenters. The molecule has 5 rings (SSSR count). The van der Waals surface area contributed by atoms with Crippen LogP contribution in [0.25, 0.3) is 0 Å². The zero-order valence-corrected chi connectivity index (χ0v) is 26.5. The Hall–Kier alpha value is -3.46. The molecule has 5 nitrogen and oxygen atoms in total. The molecule has 2 unspecified atom stereocenters. The summed E-state index contributed by atoms with van der Waals surface area (Å²) in [6.45, 7) is 8.97. The summed E-state index contributed by atoms with van der Waals surface area (Å²) in [5.74, 6) is -2.08. The number of anilines is 1. The van der Waals surface area contributed by atoms with Crippen molar-refractivity contribution in [2.75, 3.05) is 25.0 Å². The topological polar surface area (TPSA) is 52.7 Å². The van der Waals surface area contributed by atoms with Crippen LogP contribution in [-0.4, -0.2) is 59.5 Å². The molecule has 0 spiro atoms. The van der Waals surface area contributed by atoms with Gasteiger partial charge >= 0.3 is 6.18 Å². The Balaban J connectivity index is 1.41. The van der Waals surface area contributed by atoms with Gasteiger partial charge in [0.15, 0.2) is 0 Å². The van der Waals surface area contributed by atoms with Gasteiger partial charge in [-0.3, -0.25) is 14.5 Å². The molecule has 2 aromatic carbocycles. The fourth-order valence-electron chi connectivity index (χ4n) is 7.09. The van der Waals surface area contributed by atoms with Gasteiger partial charge in [0.2, 0.25) is 5.91 Å². The summed E-state index contributed by atoms with van der Waals surface area (Å²) in [6.07, 6.45) is 3.65. The number of rotatable bonds is 6. The van der Waals surface area contributed by atoms with Crippen LogP contribution >= 0.6 is 0 Å². The number of hydrogen-bond acceptors (Lipinski definition) is 3. The number of nitrogens with zero attached hydrogens (tertiary/aromatic N) is 2. The number of aryl methyl sites for hydroxylation is 1. The molecule has 1 aliphatic carbocycles. The number of halogens is 4. The summed E-state index contributed by atoms with van der Waals surface area (Å²) in [5.41, 5.74) is 2.96. The number of carbonyl (C=O) groups excluding carboxylic acids is 2. The van der Waals surface area contributed by atoms with Gasteiger partial charge in [-0.15, -0.1) is 0 Å². The molecule has 2 heterocycles. The van der Waals surface area contributed by atoms with Gasteiger partial charge in [0.05, 0.1) is 17.5 Å². The van der Waals surface area contributed by atoms with Crippen molar-refractivity contribution in [3.8, 4) is 0 Å². The lowest BCUT2D eigenvalue weighted by Crippen LogP contribution is -2.55. The SMILES string of the molecule is Cc1cccc(F)c1C(=O)N1CCC[C@H](C(=O)Nc2cccc(C(C)(C)C)c2)[C@@H]1C1C=CC(CN2CCCC2C(F)(F)F)=CC1. The Bertz CT molecular complexity index is 1460. The minimum Gasteiger partial charge on any atom is -0.334 e. The number of likely N-dealkylation sites (tertiary alicyclic amines) is 2. The Morgan fingerprint density at radius 3 is 2.40 bits per heavy atom. The zero-order chi connectivity index (χ0) is 32.5. The van der Waals surface area contributed by atoms with E-state index < -0.39 is 35.9 Å². The average molecular weight is 626 g/mol. The van der Waals surface area contributed by atoms with E-state index in [1.807, 2.05) is 42.5 Å². The second-order valence-corrected chi connectivity index (χ2v) is 13.7. The van der Waals surface area contributed by atoms with Crippen LogP contribution in [0.1, 0.15) is 74.4 Å². The molecule has 45 heavy (non-hydrogen) atoms. The first kappa shape index (κ1) is 32.9. The van der Waals surface area contributed by atoms with Crippen molar-refractivity contribution in [2.45, 2.75) is 83.5 Å². The Morgan fingerprint density at radius 1 is 1.00 bits per heavy atom. The van der Waals surface area contributed by atoms with Crippen molar-refractivity contribution in [1.82, 2.24) is 9.80 Å². The quantitative estimate of drug-likeness (QED) is 0.333. The van der Waals surface area contributed by atoms with E-state index in [0.29, 0.717) is 50.0 Å². The summed E-state index contributed by atoms with van der Waals surface area (Å²) in [7, 11) is 0. The third-order valence-electron chi connectivity index (χ3n) is 9.49. The van der Waals surface area contributed by atoms with Gasteiger partial charge in [0, 0.05) is 24.7 Å². The fourth-order valence-corrected chi connectivity index (χ4v) is 7.09. The number of allylic oxidation sites excluding steroid dienone is 1. The van der Waals surface area contributed by atoms with Crippen molar-refractivity contribution in [1.29, 1.82) is 0 Å². The van der Waals surface area contributed by atoms with Crippen molar-refractivity contribution >= 4 is 17.5 Å². The minimum absolute atomic E-state index is 0.00434. The molecule has 0 saturated carbocycles. The smallest absolute Gasteiger partial charge is 0.334 e. The molecule has 2 saturated heterocycles. The van der Waals surface area contributed by atoms with Gasteiger partial charge in [-0.05, 0) is 85.9 Å². The van der Waals surface area contributed by atoms with Gasteiger partial charge in [-0.2, -0.15) is 13.2 Å². The molecule has 2 amide bonds. The van der Waals surface area contributed by atoms with Crippen LogP contribution in [-0.2, 0) is 10.2 Å². The zero-order valence-electron chi connectivity index (χ0n) is 26.5. The number of carbonyl (C=O) groups is 2. The van der Waals surface area contributed by atoms with Gasteiger partial charge in [-0.1, -0.05) is 63.3 Å². The minimum atomic E-state index is -4.27. The van der Waals surface area contributed by atoms with Crippen LogP contribution in [0.5, 0.6) is 0 Å². The lowest BCUT2D eigenvalue weighted by Gasteiger charge is -2.44. The monoisotopic (exact) mass is 625 g/mol. The van der Waals surface area contributed by atoms with Crippen LogP contribution in [0, 0.1) is 24.6 Å². The van der Waals surface area contributed by atoms with Crippen molar-refractivity contribution in [3.05, 3.63) is 88.8 Å². The second-order valence-electron chi connectivity index (χ2n) is 13.7. The third-order valence-corrected chi connectivity index (χ3v) is 9.49. The van der Waals surface area contributed by atoms with Crippen molar-refractivity contribution < 1.29 is 27.2 Å². The molecule has 1 N–H and O–H groups in total. The molecule has 3 aliphatic rings. The second kappa shape index (κ2) is 13.1. The summed E-state index contributed by atoms with van der Waals surface area (Å²) in [5, 5.41) is 3.09. The molecule has 2 aromatic rings. The highest BCUT2D eigenvalue weighted by atomic mass is 19.4. The number of benzene rings is 2. The number of alkyl halides is 3. The van der Waals surface area contributed by atoms with E-state index >= 15 is 4.39 Å². The van der Waals surface area contributed by atoms with Crippen LogP contribution in [0.3, 0.4) is 0 Å². The average Bonchev–Trinajstić information content (AvgIpc) is 3.46. The first-order valence-corrected chi connectivity index (χ1v) is 15.9. The molecule has 242 valence electrons. The summed E-state index contributed by atoms with van der Waals surface area (Å²) in [6, 6.07) is 10.3. The van der Waals surface area contributed by atoms with E-state index in [1.54, 1.807) is 24.0 Å². The first-order chi connectivity index (χ1) is 21.2. The van der Waals surface area contributed by atoms with E-state index in [-0.39, 0.29) is 35.8 Å². The maximum Gasteiger partial charge on any atom is 0.404 e. The highest BCUT2D eigenvalue weighted by Crippen LogP contribution is 2.38. The Labute approximate surface area is 263 Å².